The molecule has 0 N–H and O–H groups in total. The maximum Gasteiger partial charge on any atom is 1.00 e. The largest absolute Gasteiger partial charge is 1.00 e. The maximum atomic E-state index is 2.31. The molecule has 0 aliphatic carbocycles. The second-order valence-corrected chi connectivity index (χ2v) is 4.38. The Labute approximate surface area is 104 Å². The molecule has 0 saturated heterocycles. The Morgan fingerprint density at radius 1 is 0.867 bits per heavy atom. The fourth-order valence-corrected chi connectivity index (χ4v) is 2.30. The van der Waals surface area contributed by atoms with Gasteiger partial charge in [-0.2, -0.15) is 5.56 Å². The molecular weight excluding hydrogens is 175 g/mol. The standard InChI is InChI=1S/C14H17.Li/c1-8-6-10(3)13-7-9(2)12(5)14(13)11(8)4;/h6-7H,1-5H3;/q-1;+1. The molecule has 0 nitrogen and oxygen atoms in total. The summed E-state index contributed by atoms with van der Waals surface area (Å²) < 4.78 is 0. The molecule has 0 radical (unpaired) electrons. The van der Waals surface area contributed by atoms with E-state index < -0.39 is 0 Å². The second-order valence-electron chi connectivity index (χ2n) is 4.38. The van der Waals surface area contributed by atoms with Gasteiger partial charge in [0.1, 0.15) is 0 Å². The molecule has 0 saturated carbocycles. The minimum Gasteiger partial charge on any atom is -0.153 e. The second kappa shape index (κ2) is 4.12. The molecule has 15 heavy (non-hydrogen) atoms. The van der Waals surface area contributed by atoms with Crippen molar-refractivity contribution in [2.45, 2.75) is 34.6 Å². The van der Waals surface area contributed by atoms with E-state index in [1.807, 2.05) is 0 Å². The van der Waals surface area contributed by atoms with Crippen molar-refractivity contribution in [3.63, 3.8) is 0 Å². The maximum absolute atomic E-state index is 2.31. The van der Waals surface area contributed by atoms with Gasteiger partial charge in [0, 0.05) is 0 Å². The Balaban J connectivity index is 0.00000112. The molecule has 0 spiro atoms. The Hall–Kier alpha value is -0.573. The number of fused-ring (bicyclic) bond motifs is 1. The van der Waals surface area contributed by atoms with Gasteiger partial charge in [-0.05, 0) is 13.8 Å². The van der Waals surface area contributed by atoms with E-state index in [0.29, 0.717) is 0 Å². The topological polar surface area (TPSA) is 0 Å². The van der Waals surface area contributed by atoms with Crippen LogP contribution in [0.4, 0.5) is 0 Å². The van der Waals surface area contributed by atoms with Gasteiger partial charge < -0.3 is 0 Å². The van der Waals surface area contributed by atoms with Crippen molar-refractivity contribution in [2.24, 2.45) is 0 Å². The SMILES string of the molecule is Cc1cc(C)c2[cH-]c(C)c(C)c2c1C.[Li+]. The van der Waals surface area contributed by atoms with Gasteiger partial charge in [-0.15, -0.1) is 28.0 Å². The van der Waals surface area contributed by atoms with Crippen LogP contribution in [0.25, 0.3) is 10.8 Å². The molecule has 0 aliphatic rings. The van der Waals surface area contributed by atoms with Crippen molar-refractivity contribution < 1.29 is 18.9 Å². The minimum atomic E-state index is 0. The predicted molar refractivity (Wildman–Crippen MR) is 63.2 cm³/mol. The fourth-order valence-electron chi connectivity index (χ4n) is 2.30. The monoisotopic (exact) mass is 192 g/mol. The van der Waals surface area contributed by atoms with Crippen LogP contribution in [0, 0.1) is 34.6 Å². The van der Waals surface area contributed by atoms with Crippen molar-refractivity contribution in [1.29, 1.82) is 0 Å². The summed E-state index contributed by atoms with van der Waals surface area (Å²) in [5, 5.41) is 2.91. The summed E-state index contributed by atoms with van der Waals surface area (Å²) in [6, 6.07) is 4.60. The summed E-state index contributed by atoms with van der Waals surface area (Å²) in [6.07, 6.45) is 0. The van der Waals surface area contributed by atoms with Crippen molar-refractivity contribution in [3.05, 3.63) is 39.9 Å². The molecule has 0 fully saturated rings. The van der Waals surface area contributed by atoms with Gasteiger partial charge in [-0.25, -0.2) is 0 Å². The van der Waals surface area contributed by atoms with E-state index in [2.05, 4.69) is 46.8 Å². The van der Waals surface area contributed by atoms with Crippen LogP contribution in [0.1, 0.15) is 27.8 Å². The van der Waals surface area contributed by atoms with Crippen LogP contribution in [0.15, 0.2) is 12.1 Å². The number of rotatable bonds is 0. The Morgan fingerprint density at radius 3 is 2.07 bits per heavy atom. The van der Waals surface area contributed by atoms with E-state index in [-0.39, 0.29) is 18.9 Å². The van der Waals surface area contributed by atoms with E-state index in [9.17, 15) is 0 Å². The molecule has 0 aliphatic heterocycles. The summed E-state index contributed by atoms with van der Waals surface area (Å²) in [5.41, 5.74) is 7.11. The van der Waals surface area contributed by atoms with Gasteiger partial charge in [0.15, 0.2) is 0 Å². The van der Waals surface area contributed by atoms with Gasteiger partial charge >= 0.3 is 18.9 Å². The van der Waals surface area contributed by atoms with Crippen LogP contribution >= 0.6 is 0 Å². The van der Waals surface area contributed by atoms with E-state index in [0.717, 1.165) is 0 Å². The molecule has 0 amide bonds. The summed E-state index contributed by atoms with van der Waals surface area (Å²) in [4.78, 5) is 0. The molecule has 2 aromatic carbocycles. The van der Waals surface area contributed by atoms with Crippen LogP contribution in [-0.2, 0) is 0 Å². The average Bonchev–Trinajstić information content (AvgIpc) is 2.41. The zero-order valence-corrected chi connectivity index (χ0v) is 10.7. The van der Waals surface area contributed by atoms with Gasteiger partial charge in [0.25, 0.3) is 0 Å². The van der Waals surface area contributed by atoms with E-state index in [1.165, 1.54) is 38.6 Å². The van der Waals surface area contributed by atoms with Crippen LogP contribution in [0.5, 0.6) is 0 Å². The van der Waals surface area contributed by atoms with Crippen LogP contribution in [0.2, 0.25) is 0 Å². The van der Waals surface area contributed by atoms with Gasteiger partial charge in [0.2, 0.25) is 0 Å². The van der Waals surface area contributed by atoms with Gasteiger partial charge in [-0.3, -0.25) is 0 Å². The zero-order valence-electron chi connectivity index (χ0n) is 10.7. The summed E-state index contributed by atoms with van der Waals surface area (Å²) in [5.74, 6) is 0. The van der Waals surface area contributed by atoms with Crippen LogP contribution in [-0.4, -0.2) is 0 Å². The van der Waals surface area contributed by atoms with Crippen molar-refractivity contribution in [1.82, 2.24) is 0 Å². The summed E-state index contributed by atoms with van der Waals surface area (Å²) in [7, 11) is 0. The van der Waals surface area contributed by atoms with Gasteiger partial charge in [-0.1, -0.05) is 38.0 Å². The zero-order chi connectivity index (χ0) is 10.5. The minimum absolute atomic E-state index is 0. The van der Waals surface area contributed by atoms with E-state index in [4.69, 9.17) is 0 Å². The van der Waals surface area contributed by atoms with Crippen molar-refractivity contribution >= 4 is 10.8 Å². The average molecular weight is 192 g/mol. The smallest absolute Gasteiger partial charge is 0.153 e. The van der Waals surface area contributed by atoms with Crippen LogP contribution in [0.3, 0.4) is 0 Å². The van der Waals surface area contributed by atoms with Crippen molar-refractivity contribution in [2.75, 3.05) is 0 Å². The molecule has 0 bridgehead atoms. The molecule has 1 heteroatoms. The predicted octanol–water partition coefficient (Wildman–Crippen LogP) is 1.10. The van der Waals surface area contributed by atoms with E-state index in [1.54, 1.807) is 0 Å². The molecule has 0 atom stereocenters. The molecule has 74 valence electrons. The number of hydrogen-bond donors (Lipinski definition) is 0. The first-order chi connectivity index (χ1) is 6.52. The molecule has 2 rings (SSSR count). The first-order valence-corrected chi connectivity index (χ1v) is 5.15. The fraction of sp³-hybridized carbons (Fsp3) is 0.357. The number of hydrogen-bond acceptors (Lipinski definition) is 0. The third-order valence-electron chi connectivity index (χ3n) is 3.42. The first kappa shape index (κ1) is 12.5. The van der Waals surface area contributed by atoms with Crippen LogP contribution < -0.4 is 18.9 Å². The number of benzene rings is 1. The quantitative estimate of drug-likeness (QED) is 0.433. The molecule has 0 heterocycles. The molecule has 0 aromatic heterocycles. The Kier molecular flexibility index (Phi) is 3.43. The first-order valence-electron chi connectivity index (χ1n) is 5.15. The summed E-state index contributed by atoms with van der Waals surface area (Å²) in [6.45, 7) is 11.0. The third-order valence-corrected chi connectivity index (χ3v) is 3.42. The third kappa shape index (κ3) is 1.78. The molecule has 0 unspecified atom stereocenters. The Bertz CT molecular complexity index is 504. The van der Waals surface area contributed by atoms with Crippen molar-refractivity contribution in [3.8, 4) is 0 Å². The van der Waals surface area contributed by atoms with Gasteiger partial charge in [0.05, 0.1) is 0 Å². The normalized spacial score (nSPS) is 10.5. The molecular formula is C14H17Li. The van der Waals surface area contributed by atoms with E-state index >= 15 is 0 Å². The Morgan fingerprint density at radius 2 is 1.47 bits per heavy atom. The number of aryl methyl sites for hydroxylation is 5. The molecule has 2 aromatic rings. The summed E-state index contributed by atoms with van der Waals surface area (Å²) >= 11 is 0.